The van der Waals surface area contributed by atoms with Gasteiger partial charge >= 0.3 is 0 Å². The third-order valence-corrected chi connectivity index (χ3v) is 6.89. The Labute approximate surface area is 148 Å². The van der Waals surface area contributed by atoms with Gasteiger partial charge < -0.3 is 4.90 Å². The molecule has 3 rings (SSSR count). The fourth-order valence-corrected chi connectivity index (χ4v) is 4.89. The topological polar surface area (TPSA) is 57.7 Å². The predicted octanol–water partition coefficient (Wildman–Crippen LogP) is 2.48. The van der Waals surface area contributed by atoms with Crippen LogP contribution in [-0.4, -0.2) is 49.7 Å². The number of rotatable bonds is 3. The van der Waals surface area contributed by atoms with E-state index in [4.69, 9.17) is 0 Å². The number of amides is 1. The summed E-state index contributed by atoms with van der Waals surface area (Å²) in [4.78, 5) is 15.4. The van der Waals surface area contributed by atoms with Gasteiger partial charge in [-0.2, -0.15) is 4.31 Å². The minimum absolute atomic E-state index is 0.109. The van der Waals surface area contributed by atoms with Crippen molar-refractivity contribution in [3.63, 3.8) is 0 Å². The van der Waals surface area contributed by atoms with Crippen LogP contribution in [0.5, 0.6) is 0 Å². The Bertz CT molecular complexity index is 904. The first-order valence-electron chi connectivity index (χ1n) is 7.60. The van der Waals surface area contributed by atoms with Crippen LogP contribution >= 0.6 is 11.3 Å². The second-order valence-electron chi connectivity index (χ2n) is 5.68. The second kappa shape index (κ2) is 6.81. The first kappa shape index (κ1) is 18.0. The zero-order chi connectivity index (χ0) is 18.2. The molecule has 0 saturated carbocycles. The summed E-state index contributed by atoms with van der Waals surface area (Å²) in [5.74, 6) is -2.42. The number of hydrogen-bond acceptors (Lipinski definition) is 4. The quantitative estimate of drug-likeness (QED) is 0.814. The molecule has 1 aliphatic rings. The Morgan fingerprint density at radius 2 is 1.72 bits per heavy atom. The van der Waals surface area contributed by atoms with Crippen LogP contribution in [0.15, 0.2) is 35.2 Å². The summed E-state index contributed by atoms with van der Waals surface area (Å²) in [6, 6.07) is 6.13. The minimum atomic E-state index is -3.92. The maximum absolute atomic E-state index is 13.3. The molecule has 2 aromatic rings. The molecule has 25 heavy (non-hydrogen) atoms. The summed E-state index contributed by atoms with van der Waals surface area (Å²) < 4.78 is 52.6. The Hall–Kier alpha value is -1.84. The summed E-state index contributed by atoms with van der Waals surface area (Å²) in [5.41, 5.74) is 0. The van der Waals surface area contributed by atoms with Gasteiger partial charge in [0.2, 0.25) is 10.0 Å². The molecule has 9 heteroatoms. The molecule has 0 radical (unpaired) electrons. The fraction of sp³-hybridized carbons (Fsp3) is 0.312. The number of sulfonamides is 1. The minimum Gasteiger partial charge on any atom is -0.335 e. The highest BCUT2D eigenvalue weighted by molar-refractivity contribution is 7.89. The van der Waals surface area contributed by atoms with Crippen molar-refractivity contribution in [1.82, 2.24) is 9.21 Å². The van der Waals surface area contributed by atoms with Crippen molar-refractivity contribution in [2.75, 3.05) is 26.2 Å². The summed E-state index contributed by atoms with van der Waals surface area (Å²) in [5, 5.41) is 0. The molecule has 134 valence electrons. The van der Waals surface area contributed by atoms with Crippen LogP contribution in [-0.2, 0) is 10.0 Å². The Kier molecular flexibility index (Phi) is 4.90. The lowest BCUT2D eigenvalue weighted by Gasteiger charge is -2.33. The first-order valence-corrected chi connectivity index (χ1v) is 9.85. The Morgan fingerprint density at radius 3 is 2.28 bits per heavy atom. The van der Waals surface area contributed by atoms with Crippen LogP contribution in [0.3, 0.4) is 0 Å². The standard InChI is InChI=1S/C16H16F2N2O3S2/c1-11-2-5-15(24-11)16(21)19-6-8-20(9-7-19)25(22,23)12-3-4-13(17)14(18)10-12/h2-5,10H,6-9H2,1H3. The predicted molar refractivity (Wildman–Crippen MR) is 90.1 cm³/mol. The van der Waals surface area contributed by atoms with Crippen molar-refractivity contribution < 1.29 is 22.0 Å². The molecule has 0 aliphatic carbocycles. The summed E-state index contributed by atoms with van der Waals surface area (Å²) in [7, 11) is -3.92. The van der Waals surface area contributed by atoms with Gasteiger partial charge in [0, 0.05) is 31.1 Å². The largest absolute Gasteiger partial charge is 0.335 e. The number of hydrogen-bond donors (Lipinski definition) is 0. The van der Waals surface area contributed by atoms with E-state index in [9.17, 15) is 22.0 Å². The number of nitrogens with zero attached hydrogens (tertiary/aromatic N) is 2. The van der Waals surface area contributed by atoms with Crippen LogP contribution in [0, 0.1) is 18.6 Å². The van der Waals surface area contributed by atoms with E-state index in [1.165, 1.54) is 15.6 Å². The van der Waals surface area contributed by atoms with Crippen LogP contribution in [0.2, 0.25) is 0 Å². The molecular formula is C16H16F2N2O3S2. The first-order chi connectivity index (χ1) is 11.8. The number of aryl methyl sites for hydroxylation is 1. The van der Waals surface area contributed by atoms with Gasteiger partial charge in [-0.15, -0.1) is 11.3 Å². The molecule has 1 amide bonds. The van der Waals surface area contributed by atoms with Crippen LogP contribution < -0.4 is 0 Å². The molecule has 2 heterocycles. The summed E-state index contributed by atoms with van der Waals surface area (Å²) in [6.07, 6.45) is 0. The van der Waals surface area contributed by atoms with E-state index < -0.39 is 21.7 Å². The van der Waals surface area contributed by atoms with E-state index in [1.807, 2.05) is 13.0 Å². The third-order valence-electron chi connectivity index (χ3n) is 4.01. The molecule has 1 aromatic carbocycles. The summed E-state index contributed by atoms with van der Waals surface area (Å²) >= 11 is 1.40. The normalized spacial score (nSPS) is 16.2. The van der Waals surface area contributed by atoms with E-state index in [-0.39, 0.29) is 37.0 Å². The highest BCUT2D eigenvalue weighted by atomic mass is 32.2. The van der Waals surface area contributed by atoms with Crippen LogP contribution in [0.4, 0.5) is 8.78 Å². The van der Waals surface area contributed by atoms with Gasteiger partial charge in [-0.1, -0.05) is 0 Å². The van der Waals surface area contributed by atoms with Gasteiger partial charge in [0.1, 0.15) is 0 Å². The molecular weight excluding hydrogens is 370 g/mol. The molecule has 0 bridgehead atoms. The van der Waals surface area contributed by atoms with Crippen molar-refractivity contribution in [2.24, 2.45) is 0 Å². The number of halogens is 2. The number of carbonyl (C=O) groups excluding carboxylic acids is 1. The SMILES string of the molecule is Cc1ccc(C(=O)N2CCN(S(=O)(=O)c3ccc(F)c(F)c3)CC2)s1. The Morgan fingerprint density at radius 1 is 1.04 bits per heavy atom. The number of carbonyl (C=O) groups is 1. The van der Waals surface area contributed by atoms with Crippen molar-refractivity contribution in [1.29, 1.82) is 0 Å². The van der Waals surface area contributed by atoms with Crippen molar-refractivity contribution >= 4 is 27.3 Å². The van der Waals surface area contributed by atoms with E-state index in [1.54, 1.807) is 11.0 Å². The van der Waals surface area contributed by atoms with Gasteiger partial charge in [0.05, 0.1) is 9.77 Å². The van der Waals surface area contributed by atoms with Crippen molar-refractivity contribution in [3.05, 3.63) is 51.7 Å². The highest BCUT2D eigenvalue weighted by Gasteiger charge is 2.31. The lowest BCUT2D eigenvalue weighted by Crippen LogP contribution is -2.50. The van der Waals surface area contributed by atoms with Gasteiger partial charge in [-0.25, -0.2) is 17.2 Å². The van der Waals surface area contributed by atoms with E-state index in [2.05, 4.69) is 0 Å². The highest BCUT2D eigenvalue weighted by Crippen LogP contribution is 2.22. The average Bonchev–Trinajstić information content (AvgIpc) is 3.03. The maximum atomic E-state index is 13.3. The van der Waals surface area contributed by atoms with Crippen LogP contribution in [0.1, 0.15) is 14.5 Å². The second-order valence-corrected chi connectivity index (χ2v) is 8.91. The number of thiophene rings is 1. The summed E-state index contributed by atoms with van der Waals surface area (Å²) in [6.45, 7) is 2.63. The van der Waals surface area contributed by atoms with Gasteiger partial charge in [0.15, 0.2) is 11.6 Å². The molecule has 1 saturated heterocycles. The molecule has 0 unspecified atom stereocenters. The zero-order valence-corrected chi connectivity index (χ0v) is 15.0. The van der Waals surface area contributed by atoms with Crippen LogP contribution in [0.25, 0.3) is 0 Å². The molecule has 1 aromatic heterocycles. The zero-order valence-electron chi connectivity index (χ0n) is 13.4. The van der Waals surface area contributed by atoms with Gasteiger partial charge in [0.25, 0.3) is 5.91 Å². The molecule has 0 N–H and O–H groups in total. The smallest absolute Gasteiger partial charge is 0.264 e. The van der Waals surface area contributed by atoms with E-state index in [0.29, 0.717) is 10.9 Å². The average molecular weight is 386 g/mol. The monoisotopic (exact) mass is 386 g/mol. The maximum Gasteiger partial charge on any atom is 0.264 e. The molecule has 1 aliphatic heterocycles. The van der Waals surface area contributed by atoms with Crippen molar-refractivity contribution in [3.8, 4) is 0 Å². The van der Waals surface area contributed by atoms with Gasteiger partial charge in [-0.05, 0) is 37.3 Å². The van der Waals surface area contributed by atoms with Gasteiger partial charge in [-0.3, -0.25) is 4.79 Å². The molecule has 5 nitrogen and oxygen atoms in total. The van der Waals surface area contributed by atoms with E-state index in [0.717, 1.165) is 17.0 Å². The molecule has 0 atom stereocenters. The molecule has 1 fully saturated rings. The number of benzene rings is 1. The third kappa shape index (κ3) is 3.58. The number of piperazine rings is 1. The molecule has 0 spiro atoms. The van der Waals surface area contributed by atoms with Crippen molar-refractivity contribution in [2.45, 2.75) is 11.8 Å². The fourth-order valence-electron chi connectivity index (χ4n) is 2.62. The van der Waals surface area contributed by atoms with E-state index >= 15 is 0 Å². The lowest BCUT2D eigenvalue weighted by molar-refractivity contribution is 0.0703. The lowest BCUT2D eigenvalue weighted by atomic mass is 10.3. The Balaban J connectivity index is 1.71.